The molecule has 0 aliphatic heterocycles. The molecule has 2 rings (SSSR count). The molecule has 0 fully saturated rings. The zero-order chi connectivity index (χ0) is 11.7. The summed E-state index contributed by atoms with van der Waals surface area (Å²) in [6.07, 6.45) is 1.65. The van der Waals surface area contributed by atoms with Crippen molar-refractivity contribution in [3.63, 3.8) is 0 Å². The second-order valence-corrected chi connectivity index (χ2v) is 3.59. The molecule has 16 heavy (non-hydrogen) atoms. The summed E-state index contributed by atoms with van der Waals surface area (Å²) in [6, 6.07) is 4.11. The van der Waals surface area contributed by atoms with Crippen LogP contribution in [0.2, 0.25) is 0 Å². The van der Waals surface area contributed by atoms with Crippen LogP contribution < -0.4 is 0 Å². The third-order valence-electron chi connectivity index (χ3n) is 2.08. The maximum atomic E-state index is 13.4. The van der Waals surface area contributed by atoms with Crippen molar-refractivity contribution in [2.75, 3.05) is 0 Å². The minimum absolute atomic E-state index is 0.144. The molecule has 0 saturated carbocycles. The van der Waals surface area contributed by atoms with Crippen molar-refractivity contribution in [3.05, 3.63) is 35.8 Å². The van der Waals surface area contributed by atoms with Crippen LogP contribution in [0.5, 0.6) is 0 Å². The number of aryl methyl sites for hydroxylation is 1. The summed E-state index contributed by atoms with van der Waals surface area (Å²) in [5.41, 5.74) is 0.941. The molecule has 2 aromatic rings. The molecule has 82 valence electrons. The fourth-order valence-corrected chi connectivity index (χ4v) is 1.47. The van der Waals surface area contributed by atoms with Crippen molar-refractivity contribution >= 4 is 16.8 Å². The summed E-state index contributed by atoms with van der Waals surface area (Å²) in [4.78, 5) is 10.8. The first-order valence-corrected chi connectivity index (χ1v) is 4.82. The van der Waals surface area contributed by atoms with Gasteiger partial charge in [0.2, 0.25) is 0 Å². The van der Waals surface area contributed by atoms with E-state index in [1.807, 2.05) is 0 Å². The molecule has 1 aromatic heterocycles. The van der Waals surface area contributed by atoms with Crippen LogP contribution >= 0.6 is 11.6 Å². The van der Waals surface area contributed by atoms with Gasteiger partial charge in [0.05, 0.1) is 11.8 Å². The van der Waals surface area contributed by atoms with Crippen molar-refractivity contribution in [1.29, 1.82) is 0 Å². The highest BCUT2D eigenvalue weighted by Gasteiger charge is 2.11. The molecule has 0 spiro atoms. The Labute approximate surface area is 95.6 Å². The molecule has 4 nitrogen and oxygen atoms in total. The third-order valence-corrected chi connectivity index (χ3v) is 2.28. The normalized spacial score (nSPS) is 10.4. The lowest BCUT2D eigenvalue weighted by Crippen LogP contribution is -1.94. The smallest absolute Gasteiger partial charge is 0.255 e. The van der Waals surface area contributed by atoms with E-state index < -0.39 is 11.1 Å². The number of rotatable bonds is 2. The molecule has 0 unspecified atom stereocenters. The van der Waals surface area contributed by atoms with Gasteiger partial charge < -0.3 is 0 Å². The van der Waals surface area contributed by atoms with Gasteiger partial charge in [-0.2, -0.15) is 0 Å². The van der Waals surface area contributed by atoms with Crippen LogP contribution in [0.1, 0.15) is 10.4 Å². The van der Waals surface area contributed by atoms with E-state index in [9.17, 15) is 9.18 Å². The molecule has 0 atom stereocenters. The average Bonchev–Trinajstić information content (AvgIpc) is 2.64. The number of benzene rings is 1. The minimum Gasteiger partial charge on any atom is -0.275 e. The van der Waals surface area contributed by atoms with Crippen molar-refractivity contribution in [1.82, 2.24) is 15.0 Å². The number of carbonyl (C=O) groups is 1. The lowest BCUT2D eigenvalue weighted by Gasteiger charge is -1.99. The van der Waals surface area contributed by atoms with Gasteiger partial charge in [-0.1, -0.05) is 11.3 Å². The Morgan fingerprint density at radius 3 is 2.75 bits per heavy atom. The molecule has 0 N–H and O–H groups in total. The van der Waals surface area contributed by atoms with E-state index >= 15 is 0 Å². The van der Waals surface area contributed by atoms with Crippen LogP contribution in [0, 0.1) is 5.82 Å². The lowest BCUT2D eigenvalue weighted by atomic mass is 10.1. The van der Waals surface area contributed by atoms with E-state index in [4.69, 9.17) is 11.6 Å². The maximum Gasteiger partial charge on any atom is 0.255 e. The van der Waals surface area contributed by atoms with Gasteiger partial charge in [0.15, 0.2) is 0 Å². The summed E-state index contributed by atoms with van der Waals surface area (Å²) in [6.45, 7) is 0. The van der Waals surface area contributed by atoms with Crippen LogP contribution in [0.25, 0.3) is 11.3 Å². The van der Waals surface area contributed by atoms with Gasteiger partial charge in [0.25, 0.3) is 5.24 Å². The Balaban J connectivity index is 2.45. The summed E-state index contributed by atoms with van der Waals surface area (Å²) < 4.78 is 14.9. The van der Waals surface area contributed by atoms with E-state index in [0.29, 0.717) is 11.3 Å². The van der Waals surface area contributed by atoms with Crippen LogP contribution in [-0.2, 0) is 7.05 Å². The topological polar surface area (TPSA) is 47.8 Å². The molecule has 0 aliphatic rings. The molecule has 6 heteroatoms. The maximum absolute atomic E-state index is 13.4. The molecular formula is C10H7ClFN3O. The minimum atomic E-state index is -0.816. The molecule has 0 bridgehead atoms. The van der Waals surface area contributed by atoms with Crippen molar-refractivity contribution in [3.8, 4) is 11.3 Å². The molecule has 0 saturated heterocycles. The van der Waals surface area contributed by atoms with Crippen LogP contribution in [0.3, 0.4) is 0 Å². The van der Waals surface area contributed by atoms with Crippen molar-refractivity contribution in [2.45, 2.75) is 0 Å². The second-order valence-electron chi connectivity index (χ2n) is 3.25. The molecule has 0 radical (unpaired) electrons. The molecule has 0 amide bonds. The second kappa shape index (κ2) is 4.02. The zero-order valence-corrected chi connectivity index (χ0v) is 9.07. The monoisotopic (exact) mass is 239 g/mol. The highest BCUT2D eigenvalue weighted by atomic mass is 35.5. The first-order chi connectivity index (χ1) is 7.58. The SMILES string of the molecule is Cn1cc(-c2ccc(C(=O)Cl)c(F)c2)nn1. The number of carbonyl (C=O) groups excluding carboxylic acids is 1. The molecule has 1 heterocycles. The average molecular weight is 240 g/mol. The Kier molecular flexibility index (Phi) is 2.70. The van der Waals surface area contributed by atoms with Gasteiger partial charge >= 0.3 is 0 Å². The molecular weight excluding hydrogens is 233 g/mol. The Morgan fingerprint density at radius 1 is 1.50 bits per heavy atom. The summed E-state index contributed by atoms with van der Waals surface area (Å²) >= 11 is 5.20. The standard InChI is InChI=1S/C10H7ClFN3O/c1-15-5-9(13-14-15)6-2-3-7(10(11)16)8(12)4-6/h2-5H,1H3. The number of halogens is 2. The fraction of sp³-hybridized carbons (Fsp3) is 0.100. The first kappa shape index (κ1) is 10.8. The van der Waals surface area contributed by atoms with Crippen molar-refractivity contribution < 1.29 is 9.18 Å². The summed E-state index contributed by atoms with van der Waals surface area (Å²) in [5.74, 6) is -0.664. The summed E-state index contributed by atoms with van der Waals surface area (Å²) in [5, 5.41) is 6.74. The fourth-order valence-electron chi connectivity index (χ4n) is 1.31. The van der Waals surface area contributed by atoms with E-state index in [2.05, 4.69) is 10.3 Å². The van der Waals surface area contributed by atoms with Gasteiger partial charge in [-0.05, 0) is 23.7 Å². The number of nitrogens with zero attached hydrogens (tertiary/aromatic N) is 3. The number of hydrogen-bond donors (Lipinski definition) is 0. The van der Waals surface area contributed by atoms with E-state index in [0.717, 1.165) is 0 Å². The largest absolute Gasteiger partial charge is 0.275 e. The lowest BCUT2D eigenvalue weighted by molar-refractivity contribution is 0.107. The quantitative estimate of drug-likeness (QED) is 0.753. The number of hydrogen-bond acceptors (Lipinski definition) is 3. The summed E-state index contributed by atoms with van der Waals surface area (Å²) in [7, 11) is 1.71. The van der Waals surface area contributed by atoms with Crippen LogP contribution in [0.15, 0.2) is 24.4 Å². The van der Waals surface area contributed by atoms with Crippen molar-refractivity contribution in [2.24, 2.45) is 7.05 Å². The highest BCUT2D eigenvalue weighted by molar-refractivity contribution is 6.67. The first-order valence-electron chi connectivity index (χ1n) is 4.44. The Bertz CT molecular complexity index is 553. The zero-order valence-electron chi connectivity index (χ0n) is 8.32. The van der Waals surface area contributed by atoms with Gasteiger partial charge in [-0.25, -0.2) is 4.39 Å². The highest BCUT2D eigenvalue weighted by Crippen LogP contribution is 2.20. The Morgan fingerprint density at radius 2 is 2.25 bits per heavy atom. The van der Waals surface area contributed by atoms with Crippen LogP contribution in [0.4, 0.5) is 4.39 Å². The predicted octanol–water partition coefficient (Wildman–Crippen LogP) is 2.00. The predicted molar refractivity (Wildman–Crippen MR) is 56.6 cm³/mol. The van der Waals surface area contributed by atoms with Gasteiger partial charge in [-0.3, -0.25) is 9.48 Å². The Hall–Kier alpha value is -1.75. The van der Waals surface area contributed by atoms with Gasteiger partial charge in [0.1, 0.15) is 11.5 Å². The van der Waals surface area contributed by atoms with E-state index in [-0.39, 0.29) is 5.56 Å². The van der Waals surface area contributed by atoms with Gasteiger partial charge in [-0.15, -0.1) is 5.10 Å². The molecule has 0 aliphatic carbocycles. The molecule has 1 aromatic carbocycles. The van der Waals surface area contributed by atoms with Crippen LogP contribution in [-0.4, -0.2) is 20.2 Å². The van der Waals surface area contributed by atoms with E-state index in [1.165, 1.54) is 16.8 Å². The number of aromatic nitrogens is 3. The van der Waals surface area contributed by atoms with E-state index in [1.54, 1.807) is 19.3 Å². The third kappa shape index (κ3) is 1.94. The van der Waals surface area contributed by atoms with Gasteiger partial charge in [0, 0.05) is 12.6 Å².